The van der Waals surface area contributed by atoms with Gasteiger partial charge < -0.3 is 29.8 Å². The van der Waals surface area contributed by atoms with Gasteiger partial charge in [-0.25, -0.2) is 0 Å². The molecule has 0 saturated carbocycles. The Morgan fingerprint density at radius 1 is 1.00 bits per heavy atom. The minimum atomic E-state index is -0.201. The second-order valence-electron chi connectivity index (χ2n) is 7.13. The van der Waals surface area contributed by atoms with Gasteiger partial charge in [0.05, 0.1) is 26.4 Å². The Balaban J connectivity index is 1.48. The third-order valence-corrected chi connectivity index (χ3v) is 4.55. The number of aryl methyl sites for hydroxylation is 1. The highest BCUT2D eigenvalue weighted by Crippen LogP contribution is 2.18. The maximum Gasteiger partial charge on any atom is 0.251 e. The van der Waals surface area contributed by atoms with E-state index in [-0.39, 0.29) is 18.2 Å². The van der Waals surface area contributed by atoms with Crippen molar-refractivity contribution in [2.75, 3.05) is 39.5 Å². The van der Waals surface area contributed by atoms with Gasteiger partial charge in [-0.1, -0.05) is 13.5 Å². The molecule has 1 heterocycles. The topological polar surface area (TPSA) is 145 Å². The largest absolute Gasteiger partial charge is 0.421 e. The molecule has 0 bridgehead atoms. The van der Waals surface area contributed by atoms with Crippen LogP contribution in [0, 0.1) is 0 Å². The molecule has 184 valence electrons. The summed E-state index contributed by atoms with van der Waals surface area (Å²) in [5.41, 5.74) is 1.77. The van der Waals surface area contributed by atoms with Crippen LogP contribution in [-0.4, -0.2) is 67.9 Å². The van der Waals surface area contributed by atoms with Crippen LogP contribution < -0.4 is 16.0 Å². The summed E-state index contributed by atoms with van der Waals surface area (Å²) in [6, 6.07) is 6.93. The van der Waals surface area contributed by atoms with Crippen molar-refractivity contribution >= 4 is 18.2 Å². The van der Waals surface area contributed by atoms with Crippen molar-refractivity contribution in [2.45, 2.75) is 26.2 Å². The van der Waals surface area contributed by atoms with E-state index in [1.165, 1.54) is 0 Å². The first-order valence-corrected chi connectivity index (χ1v) is 11.0. The highest BCUT2D eigenvalue weighted by Gasteiger charge is 2.09. The highest BCUT2D eigenvalue weighted by atomic mass is 16.5. The van der Waals surface area contributed by atoms with Gasteiger partial charge in [-0.05, 0) is 30.7 Å². The van der Waals surface area contributed by atoms with E-state index in [2.05, 4.69) is 32.7 Å². The number of rotatable bonds is 17. The zero-order chi connectivity index (χ0) is 24.6. The molecule has 2 rings (SSSR count). The number of allylic oxidation sites excluding steroid dienone is 1. The summed E-state index contributed by atoms with van der Waals surface area (Å²) in [5, 5.41) is 15.8. The number of hydrogen-bond donors (Lipinski definition) is 3. The predicted molar refractivity (Wildman–Crippen MR) is 124 cm³/mol. The summed E-state index contributed by atoms with van der Waals surface area (Å²) in [7, 11) is 0. The van der Waals surface area contributed by atoms with Crippen LogP contribution in [0.1, 0.15) is 36.0 Å². The molecule has 0 saturated heterocycles. The maximum absolute atomic E-state index is 12.2. The molecule has 0 aliphatic rings. The van der Waals surface area contributed by atoms with E-state index in [1.54, 1.807) is 24.3 Å². The number of ether oxygens (including phenoxy) is 2. The number of nitrogens with one attached hydrogen (secondary N) is 3. The molecule has 1 aromatic carbocycles. The molecule has 0 atom stereocenters. The van der Waals surface area contributed by atoms with Gasteiger partial charge in [0.2, 0.25) is 24.1 Å². The van der Waals surface area contributed by atoms with Gasteiger partial charge in [0, 0.05) is 42.8 Å². The average molecular weight is 474 g/mol. The second kappa shape index (κ2) is 15.3. The van der Waals surface area contributed by atoms with Crippen molar-refractivity contribution in [3.05, 3.63) is 48.0 Å². The van der Waals surface area contributed by atoms with Gasteiger partial charge in [0.15, 0.2) is 0 Å². The summed E-state index contributed by atoms with van der Waals surface area (Å²) < 4.78 is 16.3. The Kier molecular flexibility index (Phi) is 12.0. The lowest BCUT2D eigenvalue weighted by Crippen LogP contribution is -2.28. The fourth-order valence-electron chi connectivity index (χ4n) is 2.71. The molecule has 11 heteroatoms. The molecule has 0 aliphatic heterocycles. The predicted octanol–water partition coefficient (Wildman–Crippen LogP) is 1.22. The van der Waals surface area contributed by atoms with Crippen molar-refractivity contribution in [1.29, 1.82) is 0 Å². The molecule has 0 radical (unpaired) electrons. The third kappa shape index (κ3) is 9.92. The van der Waals surface area contributed by atoms with Crippen molar-refractivity contribution in [3.8, 4) is 11.5 Å². The van der Waals surface area contributed by atoms with Gasteiger partial charge in [0.1, 0.15) is 0 Å². The summed E-state index contributed by atoms with van der Waals surface area (Å²) in [6.45, 7) is 7.76. The number of nitrogens with zero attached hydrogens (tertiary/aromatic N) is 2. The third-order valence-electron chi connectivity index (χ3n) is 4.55. The van der Waals surface area contributed by atoms with Crippen LogP contribution in [0.15, 0.2) is 41.0 Å². The minimum Gasteiger partial charge on any atom is -0.421 e. The highest BCUT2D eigenvalue weighted by molar-refractivity contribution is 5.94. The van der Waals surface area contributed by atoms with E-state index in [9.17, 15) is 14.4 Å². The van der Waals surface area contributed by atoms with Crippen molar-refractivity contribution < 1.29 is 28.3 Å². The minimum absolute atomic E-state index is 0.139. The van der Waals surface area contributed by atoms with Crippen molar-refractivity contribution in [3.63, 3.8) is 0 Å². The Bertz CT molecular complexity index is 928. The lowest BCUT2D eigenvalue weighted by atomic mass is 10.1. The van der Waals surface area contributed by atoms with E-state index in [0.29, 0.717) is 81.8 Å². The van der Waals surface area contributed by atoms with Crippen LogP contribution in [0.5, 0.6) is 0 Å². The Morgan fingerprint density at radius 3 is 2.29 bits per heavy atom. The summed E-state index contributed by atoms with van der Waals surface area (Å²) in [6.07, 6.45) is 1.84. The molecule has 0 fully saturated rings. The van der Waals surface area contributed by atoms with Crippen molar-refractivity contribution in [1.82, 2.24) is 26.1 Å². The van der Waals surface area contributed by atoms with Crippen LogP contribution in [0.25, 0.3) is 11.5 Å². The number of carbonyl (C=O) groups excluding carboxylic acids is 3. The van der Waals surface area contributed by atoms with Gasteiger partial charge in [-0.3, -0.25) is 14.4 Å². The number of carbonyl (C=O) groups is 3. The first kappa shape index (κ1) is 26.7. The van der Waals surface area contributed by atoms with E-state index >= 15 is 0 Å². The first-order chi connectivity index (χ1) is 16.5. The molecular formula is C23H31N5O6. The Morgan fingerprint density at radius 2 is 1.68 bits per heavy atom. The van der Waals surface area contributed by atoms with Crippen LogP contribution in [0.4, 0.5) is 0 Å². The molecule has 0 spiro atoms. The molecule has 0 unspecified atom stereocenters. The maximum atomic E-state index is 12.2. The molecule has 11 nitrogen and oxygen atoms in total. The SMILES string of the molecule is C=C(CCC(=O)NCCOCCOCCNC(=O)c1ccc(-c2nnc(CC)o2)cc1)NC=O. The molecule has 1 aromatic heterocycles. The van der Waals surface area contributed by atoms with Gasteiger partial charge in [0.25, 0.3) is 5.91 Å². The fourth-order valence-corrected chi connectivity index (χ4v) is 2.71. The van der Waals surface area contributed by atoms with Crippen LogP contribution in [0.3, 0.4) is 0 Å². The molecular weight excluding hydrogens is 442 g/mol. The van der Waals surface area contributed by atoms with E-state index in [1.807, 2.05) is 6.92 Å². The normalized spacial score (nSPS) is 10.5. The average Bonchev–Trinajstić information content (AvgIpc) is 3.33. The van der Waals surface area contributed by atoms with Crippen LogP contribution in [0.2, 0.25) is 0 Å². The molecule has 34 heavy (non-hydrogen) atoms. The Labute approximate surface area is 198 Å². The first-order valence-electron chi connectivity index (χ1n) is 11.0. The number of aromatic nitrogens is 2. The lowest BCUT2D eigenvalue weighted by Gasteiger charge is -2.08. The number of benzene rings is 1. The van der Waals surface area contributed by atoms with Crippen LogP contribution in [-0.2, 0) is 25.5 Å². The van der Waals surface area contributed by atoms with E-state index in [0.717, 1.165) is 5.56 Å². The molecule has 2 aromatic rings. The van der Waals surface area contributed by atoms with Gasteiger partial charge in [-0.2, -0.15) is 0 Å². The van der Waals surface area contributed by atoms with Gasteiger partial charge >= 0.3 is 0 Å². The Hall–Kier alpha value is -3.57. The van der Waals surface area contributed by atoms with Crippen molar-refractivity contribution in [2.24, 2.45) is 0 Å². The fraction of sp³-hybridized carbons (Fsp3) is 0.435. The molecule has 0 aliphatic carbocycles. The lowest BCUT2D eigenvalue weighted by molar-refractivity contribution is -0.121. The van der Waals surface area contributed by atoms with E-state index in [4.69, 9.17) is 13.9 Å². The summed E-state index contributed by atoms with van der Waals surface area (Å²) in [4.78, 5) is 34.1. The quantitative estimate of drug-likeness (QED) is 0.230. The smallest absolute Gasteiger partial charge is 0.251 e. The molecule has 3 N–H and O–H groups in total. The van der Waals surface area contributed by atoms with E-state index < -0.39 is 0 Å². The summed E-state index contributed by atoms with van der Waals surface area (Å²) in [5.74, 6) is 0.654. The molecule has 3 amide bonds. The number of hydrogen-bond acceptors (Lipinski definition) is 8. The summed E-state index contributed by atoms with van der Waals surface area (Å²) >= 11 is 0. The monoisotopic (exact) mass is 473 g/mol. The number of amides is 3. The van der Waals surface area contributed by atoms with Crippen LogP contribution >= 0.6 is 0 Å². The zero-order valence-corrected chi connectivity index (χ0v) is 19.3. The second-order valence-corrected chi connectivity index (χ2v) is 7.13. The standard InChI is InChI=1S/C23H31N5O6/c1-3-21-27-28-23(34-21)19-7-5-18(6-8-19)22(31)25-11-13-33-15-14-32-12-10-24-20(30)9-4-17(2)26-16-29/h5-8,16H,2-4,9-15H2,1H3,(H,24,30)(H,25,31)(H,26,29). The zero-order valence-electron chi connectivity index (χ0n) is 19.3. The van der Waals surface area contributed by atoms with Gasteiger partial charge in [-0.15, -0.1) is 10.2 Å².